The van der Waals surface area contributed by atoms with Gasteiger partial charge in [0.05, 0.1) is 12.7 Å². The Morgan fingerprint density at radius 3 is 2.50 bits per heavy atom. The number of ether oxygens (including phenoxy) is 2. The molecule has 1 aromatic carbocycles. The molecule has 1 aromatic rings. The highest BCUT2D eigenvalue weighted by Crippen LogP contribution is 2.18. The van der Waals surface area contributed by atoms with Crippen LogP contribution < -0.4 is 5.32 Å². The van der Waals surface area contributed by atoms with Gasteiger partial charge < -0.3 is 14.8 Å². The second-order valence-electron chi connectivity index (χ2n) is 4.24. The lowest BCUT2D eigenvalue weighted by Crippen LogP contribution is -2.31. The summed E-state index contributed by atoms with van der Waals surface area (Å²) in [4.78, 5) is 22.9. The zero-order chi connectivity index (χ0) is 16.9. The molecule has 0 fully saturated rings. The molecule has 0 aromatic heterocycles. The number of carbonyl (C=O) groups excluding carboxylic acids is 2. The molecule has 0 heterocycles. The largest absolute Gasteiger partial charge is 0.465 e. The van der Waals surface area contributed by atoms with Crippen LogP contribution in [0, 0.1) is 5.82 Å². The standard InChI is InChI=1S/C13H13F4NO4/c1-7(22-6-13(15,16)17)11(19)18-8-3-4-10(14)9(5-8)12(20)21-2/h3-5,7H,6H2,1-2H3,(H,18,19)/t7-/m1/s1. The van der Waals surface area contributed by atoms with Crippen molar-refractivity contribution in [3.63, 3.8) is 0 Å². The smallest absolute Gasteiger partial charge is 0.411 e. The van der Waals surface area contributed by atoms with E-state index >= 15 is 0 Å². The number of carbonyl (C=O) groups is 2. The number of benzene rings is 1. The normalized spacial score (nSPS) is 12.6. The minimum Gasteiger partial charge on any atom is -0.465 e. The first-order valence-electron chi connectivity index (χ1n) is 6.01. The summed E-state index contributed by atoms with van der Waals surface area (Å²) in [7, 11) is 1.06. The van der Waals surface area contributed by atoms with Crippen molar-refractivity contribution in [2.75, 3.05) is 19.0 Å². The fraction of sp³-hybridized carbons (Fsp3) is 0.385. The molecule has 0 unspecified atom stereocenters. The van der Waals surface area contributed by atoms with E-state index < -0.39 is 42.1 Å². The van der Waals surface area contributed by atoms with Gasteiger partial charge in [0.1, 0.15) is 18.5 Å². The minimum atomic E-state index is -4.55. The van der Waals surface area contributed by atoms with Gasteiger partial charge in [-0.05, 0) is 25.1 Å². The van der Waals surface area contributed by atoms with E-state index in [2.05, 4.69) is 14.8 Å². The molecule has 22 heavy (non-hydrogen) atoms. The summed E-state index contributed by atoms with van der Waals surface area (Å²) in [5.74, 6) is -2.67. The molecule has 1 rings (SSSR count). The van der Waals surface area contributed by atoms with Crippen molar-refractivity contribution >= 4 is 17.6 Å². The van der Waals surface area contributed by atoms with Gasteiger partial charge >= 0.3 is 12.1 Å². The highest BCUT2D eigenvalue weighted by Gasteiger charge is 2.30. The highest BCUT2D eigenvalue weighted by molar-refractivity contribution is 5.96. The van der Waals surface area contributed by atoms with E-state index in [1.165, 1.54) is 0 Å². The van der Waals surface area contributed by atoms with Gasteiger partial charge in [-0.1, -0.05) is 0 Å². The summed E-state index contributed by atoms with van der Waals surface area (Å²) in [5.41, 5.74) is -0.390. The Morgan fingerprint density at radius 2 is 1.95 bits per heavy atom. The lowest BCUT2D eigenvalue weighted by atomic mass is 10.2. The van der Waals surface area contributed by atoms with E-state index in [0.717, 1.165) is 32.2 Å². The van der Waals surface area contributed by atoms with E-state index in [0.29, 0.717) is 0 Å². The number of rotatable bonds is 5. The summed E-state index contributed by atoms with van der Waals surface area (Å²) in [6.45, 7) is -0.440. The third-order valence-corrected chi connectivity index (χ3v) is 2.51. The van der Waals surface area contributed by atoms with Crippen LogP contribution in [-0.4, -0.2) is 37.9 Å². The van der Waals surface area contributed by atoms with Crippen molar-refractivity contribution in [1.82, 2.24) is 0 Å². The van der Waals surface area contributed by atoms with Crippen LogP contribution in [-0.2, 0) is 14.3 Å². The Labute approximate surface area is 123 Å². The molecule has 0 saturated carbocycles. The van der Waals surface area contributed by atoms with Gasteiger partial charge in [-0.25, -0.2) is 9.18 Å². The van der Waals surface area contributed by atoms with E-state index in [4.69, 9.17) is 0 Å². The van der Waals surface area contributed by atoms with E-state index in [9.17, 15) is 27.2 Å². The molecule has 1 N–H and O–H groups in total. The van der Waals surface area contributed by atoms with Crippen molar-refractivity contribution in [2.24, 2.45) is 0 Å². The van der Waals surface area contributed by atoms with Gasteiger partial charge in [0.15, 0.2) is 0 Å². The van der Waals surface area contributed by atoms with Crippen LogP contribution in [0.1, 0.15) is 17.3 Å². The zero-order valence-corrected chi connectivity index (χ0v) is 11.7. The first-order chi connectivity index (χ1) is 10.1. The molecule has 0 aliphatic heterocycles. The maximum Gasteiger partial charge on any atom is 0.411 e. The first kappa shape index (κ1) is 17.9. The van der Waals surface area contributed by atoms with E-state index in [1.54, 1.807) is 0 Å². The van der Waals surface area contributed by atoms with Crippen molar-refractivity contribution in [2.45, 2.75) is 19.2 Å². The molecule has 0 radical (unpaired) electrons. The first-order valence-corrected chi connectivity index (χ1v) is 6.01. The Hall–Kier alpha value is -2.16. The molecule has 0 bridgehead atoms. The number of esters is 1. The van der Waals surface area contributed by atoms with Crippen molar-refractivity contribution < 1.29 is 36.6 Å². The van der Waals surface area contributed by atoms with Gasteiger partial charge in [0.2, 0.25) is 0 Å². The van der Waals surface area contributed by atoms with Gasteiger partial charge in [-0.2, -0.15) is 13.2 Å². The summed E-state index contributed by atoms with van der Waals surface area (Å²) < 4.78 is 58.1. The van der Waals surface area contributed by atoms with Gasteiger partial charge in [-0.3, -0.25) is 4.79 Å². The summed E-state index contributed by atoms with van der Waals surface area (Å²) in [6.07, 6.45) is -5.93. The number of nitrogens with one attached hydrogen (secondary N) is 1. The average molecular weight is 323 g/mol. The van der Waals surface area contributed by atoms with Crippen molar-refractivity contribution in [3.8, 4) is 0 Å². The van der Waals surface area contributed by atoms with Crippen LogP contribution in [0.15, 0.2) is 18.2 Å². The van der Waals surface area contributed by atoms with Crippen LogP contribution in [0.4, 0.5) is 23.2 Å². The summed E-state index contributed by atoms with van der Waals surface area (Å²) in [5, 5.41) is 2.22. The molecule has 0 aliphatic carbocycles. The number of amides is 1. The lowest BCUT2D eigenvalue weighted by Gasteiger charge is -2.15. The Bertz CT molecular complexity index is 559. The number of hydrogen-bond donors (Lipinski definition) is 1. The molecule has 0 aliphatic rings. The average Bonchev–Trinajstić information content (AvgIpc) is 2.45. The van der Waals surface area contributed by atoms with Crippen LogP contribution in [0.3, 0.4) is 0 Å². The Kier molecular flexibility index (Phi) is 5.86. The molecule has 5 nitrogen and oxygen atoms in total. The third-order valence-electron chi connectivity index (χ3n) is 2.51. The summed E-state index contributed by atoms with van der Waals surface area (Å²) in [6, 6.07) is 3.08. The molecule has 1 atom stereocenters. The summed E-state index contributed by atoms with van der Waals surface area (Å²) >= 11 is 0. The highest BCUT2D eigenvalue weighted by atomic mass is 19.4. The predicted octanol–water partition coefficient (Wildman–Crippen LogP) is 2.52. The number of halogens is 4. The van der Waals surface area contributed by atoms with Crippen LogP contribution in [0.2, 0.25) is 0 Å². The molecule has 1 amide bonds. The van der Waals surface area contributed by atoms with Crippen LogP contribution in [0.25, 0.3) is 0 Å². The van der Waals surface area contributed by atoms with Crippen molar-refractivity contribution in [1.29, 1.82) is 0 Å². The second-order valence-corrected chi connectivity index (χ2v) is 4.24. The fourth-order valence-corrected chi connectivity index (χ4v) is 1.41. The van der Waals surface area contributed by atoms with Gasteiger partial charge in [0, 0.05) is 5.69 Å². The van der Waals surface area contributed by atoms with E-state index in [1.807, 2.05) is 0 Å². The predicted molar refractivity (Wildman–Crippen MR) is 67.8 cm³/mol. The molecular formula is C13H13F4NO4. The van der Waals surface area contributed by atoms with Crippen molar-refractivity contribution in [3.05, 3.63) is 29.6 Å². The molecular weight excluding hydrogens is 310 g/mol. The SMILES string of the molecule is COC(=O)c1cc(NC(=O)[C@@H](C)OCC(F)(F)F)ccc1F. The van der Waals surface area contributed by atoms with E-state index in [-0.39, 0.29) is 5.69 Å². The Balaban J connectivity index is 2.74. The number of methoxy groups -OCH3 is 1. The van der Waals surface area contributed by atoms with Gasteiger partial charge in [0.25, 0.3) is 5.91 Å². The van der Waals surface area contributed by atoms with Crippen LogP contribution in [0.5, 0.6) is 0 Å². The number of hydrogen-bond acceptors (Lipinski definition) is 4. The van der Waals surface area contributed by atoms with Crippen LogP contribution >= 0.6 is 0 Å². The molecule has 0 saturated heterocycles. The molecule has 0 spiro atoms. The lowest BCUT2D eigenvalue weighted by molar-refractivity contribution is -0.184. The number of anilines is 1. The maximum absolute atomic E-state index is 13.4. The molecule has 122 valence electrons. The second kappa shape index (κ2) is 7.21. The monoisotopic (exact) mass is 323 g/mol. The van der Waals surface area contributed by atoms with Gasteiger partial charge in [-0.15, -0.1) is 0 Å². The minimum absolute atomic E-state index is 0.0225. The zero-order valence-electron chi connectivity index (χ0n) is 11.7. The third kappa shape index (κ3) is 5.32. The Morgan fingerprint density at radius 1 is 1.32 bits per heavy atom. The topological polar surface area (TPSA) is 64.6 Å². The fourth-order valence-electron chi connectivity index (χ4n) is 1.41. The molecule has 9 heteroatoms. The number of alkyl halides is 3. The maximum atomic E-state index is 13.4. The quantitative estimate of drug-likeness (QED) is 0.668.